The molecule has 2 aromatic heterocycles. The molecule has 0 aliphatic heterocycles. The Morgan fingerprint density at radius 2 is 2.10 bits per heavy atom. The minimum Gasteiger partial charge on any atom is -0.381 e. The molecule has 5 nitrogen and oxygen atoms in total. The Bertz CT molecular complexity index is 800. The van der Waals surface area contributed by atoms with Crippen LogP contribution in [0.25, 0.3) is 10.9 Å². The average molecular weight is 328 g/mol. The van der Waals surface area contributed by atoms with Crippen LogP contribution in [0, 0.1) is 0 Å². The van der Waals surface area contributed by atoms with Crippen molar-refractivity contribution in [1.82, 2.24) is 15.0 Å². The van der Waals surface area contributed by atoms with Gasteiger partial charge in [-0.3, -0.25) is 4.98 Å². The topological polar surface area (TPSA) is 77.0 Å². The SMILES string of the molecule is Nc1ncc(Br)nc1N=Cc1ccc2ncccc2c1. The zero-order valence-corrected chi connectivity index (χ0v) is 11.9. The summed E-state index contributed by atoms with van der Waals surface area (Å²) in [5, 5.41) is 1.06. The molecule has 0 atom stereocenters. The smallest absolute Gasteiger partial charge is 0.196 e. The van der Waals surface area contributed by atoms with Crippen LogP contribution in [-0.4, -0.2) is 21.2 Å². The standard InChI is InChI=1S/C14H10BrN5/c15-12-8-18-13(16)14(20-12)19-7-9-3-4-11-10(6-9)2-1-5-17-11/h1-8H,(H2,16,18). The Kier molecular flexibility index (Phi) is 3.39. The van der Waals surface area contributed by atoms with E-state index in [0.29, 0.717) is 16.2 Å². The molecule has 0 radical (unpaired) electrons. The van der Waals surface area contributed by atoms with Crippen LogP contribution in [0.2, 0.25) is 0 Å². The normalized spacial score (nSPS) is 11.2. The van der Waals surface area contributed by atoms with Gasteiger partial charge in [-0.25, -0.2) is 15.0 Å². The zero-order chi connectivity index (χ0) is 13.9. The summed E-state index contributed by atoms with van der Waals surface area (Å²) in [6.45, 7) is 0. The van der Waals surface area contributed by atoms with Crippen molar-refractivity contribution in [2.75, 3.05) is 5.73 Å². The molecule has 0 spiro atoms. The molecule has 6 heteroatoms. The maximum atomic E-state index is 5.73. The summed E-state index contributed by atoms with van der Waals surface area (Å²) in [4.78, 5) is 16.7. The maximum Gasteiger partial charge on any atom is 0.196 e. The third-order valence-corrected chi connectivity index (χ3v) is 3.10. The Balaban J connectivity index is 1.96. The van der Waals surface area contributed by atoms with Gasteiger partial charge in [0.05, 0.1) is 11.7 Å². The van der Waals surface area contributed by atoms with E-state index in [0.717, 1.165) is 16.5 Å². The highest BCUT2D eigenvalue weighted by Gasteiger charge is 2.01. The van der Waals surface area contributed by atoms with Crippen LogP contribution in [0.1, 0.15) is 5.56 Å². The third-order valence-electron chi connectivity index (χ3n) is 2.71. The van der Waals surface area contributed by atoms with Crippen molar-refractivity contribution in [1.29, 1.82) is 0 Å². The first kappa shape index (κ1) is 12.7. The Labute approximate surface area is 123 Å². The summed E-state index contributed by atoms with van der Waals surface area (Å²) in [5.41, 5.74) is 7.63. The first-order valence-electron chi connectivity index (χ1n) is 5.89. The molecule has 0 fully saturated rings. The van der Waals surface area contributed by atoms with Crippen molar-refractivity contribution in [3.05, 3.63) is 52.9 Å². The Morgan fingerprint density at radius 3 is 3.00 bits per heavy atom. The number of fused-ring (bicyclic) bond motifs is 1. The summed E-state index contributed by atoms with van der Waals surface area (Å²) < 4.78 is 0.599. The molecule has 20 heavy (non-hydrogen) atoms. The molecule has 2 heterocycles. The molecule has 0 aliphatic carbocycles. The van der Waals surface area contributed by atoms with Gasteiger partial charge in [-0.1, -0.05) is 12.1 Å². The van der Waals surface area contributed by atoms with Crippen LogP contribution in [0.3, 0.4) is 0 Å². The van der Waals surface area contributed by atoms with E-state index in [2.05, 4.69) is 35.9 Å². The number of benzene rings is 1. The van der Waals surface area contributed by atoms with Crippen molar-refractivity contribution >= 4 is 44.7 Å². The van der Waals surface area contributed by atoms with E-state index in [-0.39, 0.29) is 0 Å². The lowest BCUT2D eigenvalue weighted by Gasteiger charge is -2.00. The van der Waals surface area contributed by atoms with Gasteiger partial charge in [-0.05, 0) is 39.7 Å². The predicted octanol–water partition coefficient (Wildman–Crippen LogP) is 3.12. The highest BCUT2D eigenvalue weighted by molar-refractivity contribution is 9.10. The summed E-state index contributed by atoms with van der Waals surface area (Å²) in [6, 6.07) is 9.81. The molecule has 3 rings (SSSR count). The number of halogens is 1. The fourth-order valence-corrected chi connectivity index (χ4v) is 2.04. The maximum absolute atomic E-state index is 5.73. The number of hydrogen-bond acceptors (Lipinski definition) is 5. The largest absolute Gasteiger partial charge is 0.381 e. The number of nitrogens with two attached hydrogens (primary N) is 1. The summed E-state index contributed by atoms with van der Waals surface area (Å²) in [7, 11) is 0. The van der Waals surface area contributed by atoms with Crippen molar-refractivity contribution in [3.63, 3.8) is 0 Å². The van der Waals surface area contributed by atoms with E-state index >= 15 is 0 Å². The minimum atomic E-state index is 0.298. The average Bonchev–Trinajstić information content (AvgIpc) is 2.48. The van der Waals surface area contributed by atoms with Gasteiger partial charge < -0.3 is 5.73 Å². The number of aliphatic imine (C=N–C) groups is 1. The predicted molar refractivity (Wildman–Crippen MR) is 83.1 cm³/mol. The molecule has 1 aromatic carbocycles. The first-order valence-corrected chi connectivity index (χ1v) is 6.68. The van der Waals surface area contributed by atoms with Gasteiger partial charge in [0.1, 0.15) is 4.60 Å². The van der Waals surface area contributed by atoms with Gasteiger partial charge in [0.25, 0.3) is 0 Å². The van der Waals surface area contributed by atoms with Crippen molar-refractivity contribution in [2.24, 2.45) is 4.99 Å². The zero-order valence-electron chi connectivity index (χ0n) is 10.4. The summed E-state index contributed by atoms with van der Waals surface area (Å²) in [5.74, 6) is 0.692. The lowest BCUT2D eigenvalue weighted by molar-refractivity contribution is 1.16. The molecule has 98 valence electrons. The van der Waals surface area contributed by atoms with E-state index in [9.17, 15) is 0 Å². The number of pyridine rings is 1. The van der Waals surface area contributed by atoms with E-state index < -0.39 is 0 Å². The molecule has 0 saturated carbocycles. The van der Waals surface area contributed by atoms with Gasteiger partial charge in [-0.15, -0.1) is 0 Å². The van der Waals surface area contributed by atoms with Gasteiger partial charge in [-0.2, -0.15) is 0 Å². The highest BCUT2D eigenvalue weighted by atomic mass is 79.9. The monoisotopic (exact) mass is 327 g/mol. The number of nitrogen functional groups attached to an aromatic ring is 1. The molecule has 2 N–H and O–H groups in total. The fourth-order valence-electron chi connectivity index (χ4n) is 1.77. The van der Waals surface area contributed by atoms with Crippen LogP contribution >= 0.6 is 15.9 Å². The molecular formula is C14H10BrN5. The Morgan fingerprint density at radius 1 is 1.20 bits per heavy atom. The first-order chi connectivity index (χ1) is 9.72. The van der Waals surface area contributed by atoms with Crippen molar-refractivity contribution < 1.29 is 0 Å². The van der Waals surface area contributed by atoms with E-state index in [1.165, 1.54) is 6.20 Å². The second-order valence-electron chi connectivity index (χ2n) is 4.12. The minimum absolute atomic E-state index is 0.298. The van der Waals surface area contributed by atoms with Crippen molar-refractivity contribution in [3.8, 4) is 0 Å². The second-order valence-corrected chi connectivity index (χ2v) is 4.93. The molecule has 0 unspecified atom stereocenters. The van der Waals surface area contributed by atoms with Gasteiger partial charge in [0.15, 0.2) is 11.6 Å². The second kappa shape index (κ2) is 5.34. The van der Waals surface area contributed by atoms with Crippen molar-refractivity contribution in [2.45, 2.75) is 0 Å². The van der Waals surface area contributed by atoms with E-state index in [1.807, 2.05) is 30.3 Å². The van der Waals surface area contributed by atoms with Crippen LogP contribution in [0.4, 0.5) is 11.6 Å². The van der Waals surface area contributed by atoms with Gasteiger partial charge in [0, 0.05) is 17.8 Å². The molecule has 0 saturated heterocycles. The van der Waals surface area contributed by atoms with Crippen LogP contribution in [0.5, 0.6) is 0 Å². The van der Waals surface area contributed by atoms with E-state index in [4.69, 9.17) is 5.73 Å². The lowest BCUT2D eigenvalue weighted by Crippen LogP contribution is -1.93. The highest BCUT2D eigenvalue weighted by Crippen LogP contribution is 2.19. The number of aromatic nitrogens is 3. The molecule has 0 aliphatic rings. The van der Waals surface area contributed by atoms with Crippen LogP contribution in [0.15, 0.2) is 52.3 Å². The lowest BCUT2D eigenvalue weighted by atomic mass is 10.1. The molecule has 3 aromatic rings. The van der Waals surface area contributed by atoms with Crippen LogP contribution < -0.4 is 5.73 Å². The fraction of sp³-hybridized carbons (Fsp3) is 0. The summed E-state index contributed by atoms with van der Waals surface area (Å²) >= 11 is 3.24. The third kappa shape index (κ3) is 2.65. The van der Waals surface area contributed by atoms with Crippen LogP contribution in [-0.2, 0) is 0 Å². The molecule has 0 amide bonds. The summed E-state index contributed by atoms with van der Waals surface area (Å²) in [6.07, 6.45) is 5.02. The number of hydrogen-bond donors (Lipinski definition) is 1. The number of nitrogens with zero attached hydrogens (tertiary/aromatic N) is 4. The quantitative estimate of drug-likeness (QED) is 0.733. The van der Waals surface area contributed by atoms with Gasteiger partial charge in [0.2, 0.25) is 0 Å². The van der Waals surface area contributed by atoms with Gasteiger partial charge >= 0.3 is 0 Å². The Hall–Kier alpha value is -2.34. The van der Waals surface area contributed by atoms with E-state index in [1.54, 1.807) is 12.4 Å². The molecule has 0 bridgehead atoms. The number of rotatable bonds is 2. The number of anilines is 1. The molecular weight excluding hydrogens is 318 g/mol.